The predicted octanol–water partition coefficient (Wildman–Crippen LogP) is 3.02. The summed E-state index contributed by atoms with van der Waals surface area (Å²) in [5, 5.41) is 10.5. The zero-order chi connectivity index (χ0) is 14.5. The van der Waals surface area contributed by atoms with Crippen molar-refractivity contribution in [1.29, 1.82) is 0 Å². The molecular weight excluding hydrogens is 282 g/mol. The molecule has 104 valence electrons. The van der Waals surface area contributed by atoms with Crippen LogP contribution in [0.25, 0.3) is 0 Å². The van der Waals surface area contributed by atoms with Gasteiger partial charge in [-0.05, 0) is 12.1 Å². The molecule has 1 aromatic heterocycles. The van der Waals surface area contributed by atoms with Gasteiger partial charge in [0.1, 0.15) is 17.2 Å². The van der Waals surface area contributed by atoms with E-state index in [1.165, 1.54) is 19.2 Å². The average Bonchev–Trinajstić information content (AvgIpc) is 2.95. The lowest BCUT2D eigenvalue weighted by atomic mass is 10.2. The van der Waals surface area contributed by atoms with Gasteiger partial charge >= 0.3 is 11.0 Å². The SMILES string of the molecule is COc1ccccc1COC(=O)c1ccc([N+](=O)[O-])s1. The minimum absolute atomic E-state index is 0.0501. The summed E-state index contributed by atoms with van der Waals surface area (Å²) in [6, 6.07) is 9.83. The lowest BCUT2D eigenvalue weighted by Gasteiger charge is -2.08. The maximum absolute atomic E-state index is 11.8. The van der Waals surface area contributed by atoms with Gasteiger partial charge < -0.3 is 9.47 Å². The summed E-state index contributed by atoms with van der Waals surface area (Å²) in [7, 11) is 1.53. The monoisotopic (exact) mass is 293 g/mol. The van der Waals surface area contributed by atoms with Gasteiger partial charge in [-0.3, -0.25) is 10.1 Å². The van der Waals surface area contributed by atoms with E-state index in [-0.39, 0.29) is 16.5 Å². The number of carbonyl (C=O) groups is 1. The smallest absolute Gasteiger partial charge is 0.348 e. The van der Waals surface area contributed by atoms with Crippen LogP contribution >= 0.6 is 11.3 Å². The second-order valence-electron chi connectivity index (χ2n) is 3.78. The first-order chi connectivity index (χ1) is 9.61. The Balaban J connectivity index is 2.03. The van der Waals surface area contributed by atoms with Crippen LogP contribution in [0, 0.1) is 10.1 Å². The maximum Gasteiger partial charge on any atom is 0.348 e. The van der Waals surface area contributed by atoms with Crippen LogP contribution in [0.15, 0.2) is 36.4 Å². The van der Waals surface area contributed by atoms with Crippen LogP contribution in [0.1, 0.15) is 15.2 Å². The fraction of sp³-hybridized carbons (Fsp3) is 0.154. The second-order valence-corrected chi connectivity index (χ2v) is 4.85. The number of methoxy groups -OCH3 is 1. The first-order valence-electron chi connectivity index (χ1n) is 5.65. The van der Waals surface area contributed by atoms with Gasteiger partial charge in [0, 0.05) is 11.6 Å². The number of nitrogens with zero attached hydrogens (tertiary/aromatic N) is 1. The van der Waals surface area contributed by atoms with Gasteiger partial charge in [0.2, 0.25) is 0 Å². The Morgan fingerprint density at radius 1 is 1.30 bits per heavy atom. The standard InChI is InChI=1S/C13H11NO5S/c1-18-10-5-3-2-4-9(10)8-19-13(15)11-6-7-12(20-11)14(16)17/h2-7H,8H2,1H3. The molecule has 0 N–H and O–H groups in total. The van der Waals surface area contributed by atoms with Crippen molar-refractivity contribution in [2.45, 2.75) is 6.61 Å². The van der Waals surface area contributed by atoms with Crippen molar-refractivity contribution in [2.75, 3.05) is 7.11 Å². The van der Waals surface area contributed by atoms with E-state index in [4.69, 9.17) is 9.47 Å². The third kappa shape index (κ3) is 3.12. The van der Waals surface area contributed by atoms with Gasteiger partial charge in [-0.1, -0.05) is 29.5 Å². The summed E-state index contributed by atoms with van der Waals surface area (Å²) < 4.78 is 10.3. The molecule has 1 heterocycles. The summed E-state index contributed by atoms with van der Waals surface area (Å²) in [6.07, 6.45) is 0. The van der Waals surface area contributed by atoms with Crippen molar-refractivity contribution >= 4 is 22.3 Å². The number of rotatable bonds is 5. The van der Waals surface area contributed by atoms with Crippen molar-refractivity contribution in [1.82, 2.24) is 0 Å². The molecule has 0 fully saturated rings. The highest BCUT2D eigenvalue weighted by Crippen LogP contribution is 2.25. The zero-order valence-corrected chi connectivity index (χ0v) is 11.4. The fourth-order valence-corrected chi connectivity index (χ4v) is 2.29. The van der Waals surface area contributed by atoms with Crippen molar-refractivity contribution in [2.24, 2.45) is 0 Å². The number of esters is 1. The van der Waals surface area contributed by atoms with Gasteiger partial charge in [-0.15, -0.1) is 0 Å². The predicted molar refractivity (Wildman–Crippen MR) is 73.1 cm³/mol. The van der Waals surface area contributed by atoms with Crippen LogP contribution in [-0.4, -0.2) is 18.0 Å². The Morgan fingerprint density at radius 2 is 2.05 bits per heavy atom. The van der Waals surface area contributed by atoms with E-state index < -0.39 is 10.9 Å². The van der Waals surface area contributed by atoms with Crippen molar-refractivity contribution in [3.8, 4) is 5.75 Å². The maximum atomic E-state index is 11.8. The van der Waals surface area contributed by atoms with Crippen molar-refractivity contribution in [3.05, 3.63) is 57.0 Å². The summed E-state index contributed by atoms with van der Waals surface area (Å²) in [4.78, 5) is 22.0. The molecule has 7 heteroatoms. The average molecular weight is 293 g/mol. The number of hydrogen-bond donors (Lipinski definition) is 0. The molecule has 1 aromatic carbocycles. The molecule has 0 amide bonds. The Bertz CT molecular complexity index is 637. The third-order valence-corrected chi connectivity index (χ3v) is 3.54. The molecule has 0 aliphatic rings. The summed E-state index contributed by atoms with van der Waals surface area (Å²) in [5.41, 5.74) is 0.731. The lowest BCUT2D eigenvalue weighted by molar-refractivity contribution is -0.380. The normalized spacial score (nSPS) is 10.1. The van der Waals surface area contributed by atoms with Gasteiger partial charge in [0.25, 0.3) is 0 Å². The van der Waals surface area contributed by atoms with Gasteiger partial charge in [0.15, 0.2) is 0 Å². The minimum atomic E-state index is -0.589. The molecule has 0 bridgehead atoms. The molecular formula is C13H11NO5S. The number of ether oxygens (including phenoxy) is 2. The molecule has 0 radical (unpaired) electrons. The van der Waals surface area contributed by atoms with Crippen molar-refractivity contribution in [3.63, 3.8) is 0 Å². The van der Waals surface area contributed by atoms with Gasteiger partial charge in [0.05, 0.1) is 12.0 Å². The Labute approximate surface area is 118 Å². The number of benzene rings is 1. The molecule has 20 heavy (non-hydrogen) atoms. The highest BCUT2D eigenvalue weighted by Gasteiger charge is 2.16. The Kier molecular flexibility index (Phi) is 4.31. The first kappa shape index (κ1) is 14.0. The fourth-order valence-electron chi connectivity index (χ4n) is 1.57. The topological polar surface area (TPSA) is 78.7 Å². The van der Waals surface area contributed by atoms with E-state index in [0.717, 1.165) is 16.9 Å². The number of hydrogen-bond acceptors (Lipinski definition) is 6. The quantitative estimate of drug-likeness (QED) is 0.481. The molecule has 0 spiro atoms. The van der Waals surface area contributed by atoms with Crippen LogP contribution in [0.5, 0.6) is 5.75 Å². The molecule has 0 unspecified atom stereocenters. The van der Waals surface area contributed by atoms with E-state index in [0.29, 0.717) is 5.75 Å². The molecule has 0 saturated heterocycles. The van der Waals surface area contributed by atoms with Crippen LogP contribution in [0.4, 0.5) is 5.00 Å². The van der Waals surface area contributed by atoms with E-state index in [2.05, 4.69) is 0 Å². The molecule has 2 rings (SSSR count). The van der Waals surface area contributed by atoms with Gasteiger partial charge in [-0.2, -0.15) is 0 Å². The highest BCUT2D eigenvalue weighted by molar-refractivity contribution is 7.17. The van der Waals surface area contributed by atoms with Crippen molar-refractivity contribution < 1.29 is 19.2 Å². The molecule has 6 nitrogen and oxygen atoms in total. The molecule has 0 saturated carbocycles. The molecule has 0 aliphatic carbocycles. The van der Waals surface area contributed by atoms with Crippen LogP contribution < -0.4 is 4.74 Å². The van der Waals surface area contributed by atoms with Gasteiger partial charge in [-0.25, -0.2) is 4.79 Å². The number of nitro groups is 1. The van der Waals surface area contributed by atoms with E-state index in [1.54, 1.807) is 12.1 Å². The number of para-hydroxylation sites is 1. The second kappa shape index (κ2) is 6.16. The summed E-state index contributed by atoms with van der Waals surface area (Å²) >= 11 is 0.789. The molecule has 2 aromatic rings. The van der Waals surface area contributed by atoms with E-state index >= 15 is 0 Å². The summed E-state index contributed by atoms with van der Waals surface area (Å²) in [6.45, 7) is 0.0501. The van der Waals surface area contributed by atoms with Crippen LogP contribution in [0.3, 0.4) is 0 Å². The first-order valence-corrected chi connectivity index (χ1v) is 6.46. The molecule has 0 aliphatic heterocycles. The summed E-state index contributed by atoms with van der Waals surface area (Å²) in [5.74, 6) is 0.0338. The highest BCUT2D eigenvalue weighted by atomic mass is 32.1. The Morgan fingerprint density at radius 3 is 2.70 bits per heavy atom. The van der Waals surface area contributed by atoms with Crippen LogP contribution in [0.2, 0.25) is 0 Å². The lowest BCUT2D eigenvalue weighted by Crippen LogP contribution is -2.04. The third-order valence-electron chi connectivity index (χ3n) is 2.52. The zero-order valence-electron chi connectivity index (χ0n) is 10.6. The number of thiophene rings is 1. The van der Waals surface area contributed by atoms with E-state index in [1.807, 2.05) is 12.1 Å². The number of carbonyl (C=O) groups excluding carboxylic acids is 1. The van der Waals surface area contributed by atoms with Crippen LogP contribution in [-0.2, 0) is 11.3 Å². The Hall–Kier alpha value is -2.41. The molecule has 0 atom stereocenters. The largest absolute Gasteiger partial charge is 0.496 e. The minimum Gasteiger partial charge on any atom is -0.496 e. The van der Waals surface area contributed by atoms with E-state index in [9.17, 15) is 14.9 Å².